The van der Waals surface area contributed by atoms with E-state index < -0.39 is 16.1 Å². The maximum Gasteiger partial charge on any atom is 0.229 e. The highest BCUT2D eigenvalue weighted by Crippen LogP contribution is 2.26. The van der Waals surface area contributed by atoms with Crippen LogP contribution in [0.25, 0.3) is 10.9 Å². The molecule has 1 atom stereocenters. The van der Waals surface area contributed by atoms with E-state index in [2.05, 4.69) is 20.3 Å². The molecule has 0 radical (unpaired) electrons. The molecule has 10 heteroatoms. The molecule has 0 fully saturated rings. The van der Waals surface area contributed by atoms with Crippen LogP contribution in [0.4, 0.5) is 5.69 Å². The molecule has 0 unspecified atom stereocenters. The number of ether oxygens (including phenoxy) is 1. The molecular weight excluding hydrogens is 456 g/mol. The van der Waals surface area contributed by atoms with E-state index in [0.717, 1.165) is 35.0 Å². The van der Waals surface area contributed by atoms with E-state index in [-0.39, 0.29) is 5.91 Å². The molecule has 5 N–H and O–H groups in total. The van der Waals surface area contributed by atoms with E-state index in [1.165, 1.54) is 12.5 Å². The van der Waals surface area contributed by atoms with Crippen LogP contribution in [0.3, 0.4) is 0 Å². The van der Waals surface area contributed by atoms with Crippen molar-refractivity contribution in [1.82, 2.24) is 15.6 Å². The summed E-state index contributed by atoms with van der Waals surface area (Å²) in [6, 6.07) is 12.6. The maximum atomic E-state index is 11.4. The van der Waals surface area contributed by atoms with Crippen molar-refractivity contribution in [3.05, 3.63) is 59.3 Å². The number of carbonyl (C=O) groups is 1. The third kappa shape index (κ3) is 7.47. The minimum Gasteiger partial charge on any atom is -0.492 e. The van der Waals surface area contributed by atoms with Gasteiger partial charge >= 0.3 is 0 Å². The van der Waals surface area contributed by atoms with Gasteiger partial charge in [0.25, 0.3) is 0 Å². The van der Waals surface area contributed by atoms with Gasteiger partial charge in [-0.1, -0.05) is 12.1 Å². The first kappa shape index (κ1) is 25.5. The van der Waals surface area contributed by atoms with Crippen molar-refractivity contribution in [3.63, 3.8) is 0 Å². The molecular formula is C24H32N4O5S. The summed E-state index contributed by atoms with van der Waals surface area (Å²) in [6.07, 6.45) is 1.06. The van der Waals surface area contributed by atoms with Gasteiger partial charge in [-0.2, -0.15) is 0 Å². The van der Waals surface area contributed by atoms with Gasteiger partial charge in [-0.3, -0.25) is 9.52 Å². The molecule has 3 rings (SSSR count). The number of sulfonamides is 1. The predicted octanol–water partition coefficient (Wildman–Crippen LogP) is 2.23. The number of hydrogen-bond donors (Lipinski definition) is 5. The maximum absolute atomic E-state index is 11.4. The molecule has 3 aromatic rings. The minimum atomic E-state index is -3.37. The summed E-state index contributed by atoms with van der Waals surface area (Å²) in [7, 11) is -3.37. The molecule has 1 amide bonds. The molecule has 0 aliphatic carbocycles. The summed E-state index contributed by atoms with van der Waals surface area (Å²) in [6.45, 7) is 5.38. The molecule has 2 aromatic carbocycles. The van der Waals surface area contributed by atoms with Crippen LogP contribution in [0.15, 0.2) is 42.5 Å². The smallest absolute Gasteiger partial charge is 0.229 e. The Morgan fingerprint density at radius 1 is 1.18 bits per heavy atom. The number of hydrogen-bond acceptors (Lipinski definition) is 6. The number of aliphatic hydroxyl groups is 1. The summed E-state index contributed by atoms with van der Waals surface area (Å²) in [5.74, 6) is 0.704. The van der Waals surface area contributed by atoms with Crippen LogP contribution in [-0.2, 0) is 21.2 Å². The first-order valence-corrected chi connectivity index (χ1v) is 13.0. The van der Waals surface area contributed by atoms with E-state index in [1.807, 2.05) is 25.1 Å². The normalized spacial score (nSPS) is 12.5. The van der Waals surface area contributed by atoms with Gasteiger partial charge in [-0.25, -0.2) is 8.42 Å². The number of H-pyrrole nitrogens is 1. The zero-order valence-corrected chi connectivity index (χ0v) is 20.5. The monoisotopic (exact) mass is 488 g/mol. The van der Waals surface area contributed by atoms with E-state index in [0.29, 0.717) is 37.5 Å². The van der Waals surface area contributed by atoms with Crippen LogP contribution in [0, 0.1) is 6.92 Å². The van der Waals surface area contributed by atoms with Crippen molar-refractivity contribution in [2.45, 2.75) is 26.4 Å². The molecule has 0 aliphatic rings. The fourth-order valence-corrected chi connectivity index (χ4v) is 4.32. The second kappa shape index (κ2) is 11.4. The van der Waals surface area contributed by atoms with Gasteiger partial charge in [-0.15, -0.1) is 0 Å². The van der Waals surface area contributed by atoms with Crippen LogP contribution < -0.4 is 20.1 Å². The number of amides is 1. The molecule has 0 bridgehead atoms. The topological polar surface area (TPSA) is 133 Å². The zero-order chi connectivity index (χ0) is 24.7. The number of nitrogens with one attached hydrogen (secondary N) is 4. The zero-order valence-electron chi connectivity index (χ0n) is 19.6. The van der Waals surface area contributed by atoms with Crippen molar-refractivity contribution < 1.29 is 23.1 Å². The first-order chi connectivity index (χ1) is 16.1. The summed E-state index contributed by atoms with van der Waals surface area (Å²) >= 11 is 0. The number of aromatic amines is 1. The van der Waals surface area contributed by atoms with Gasteiger partial charge < -0.3 is 25.5 Å². The molecule has 0 saturated heterocycles. The number of anilines is 1. The van der Waals surface area contributed by atoms with E-state index in [9.17, 15) is 18.3 Å². The Morgan fingerprint density at radius 3 is 2.71 bits per heavy atom. The highest BCUT2D eigenvalue weighted by Gasteiger charge is 2.11. The van der Waals surface area contributed by atoms with E-state index in [4.69, 9.17) is 4.74 Å². The molecule has 0 saturated carbocycles. The Labute approximate surface area is 200 Å². The fraction of sp³-hybridized carbons (Fsp3) is 0.375. The fourth-order valence-electron chi connectivity index (χ4n) is 3.77. The quantitative estimate of drug-likeness (QED) is 0.248. The molecule has 1 aromatic heterocycles. The highest BCUT2D eigenvalue weighted by atomic mass is 32.2. The first-order valence-electron chi connectivity index (χ1n) is 11.1. The van der Waals surface area contributed by atoms with Crippen LogP contribution in [-0.4, -0.2) is 56.9 Å². The lowest BCUT2D eigenvalue weighted by Gasteiger charge is -2.14. The summed E-state index contributed by atoms with van der Waals surface area (Å²) in [5, 5.41) is 17.5. The second-order valence-corrected chi connectivity index (χ2v) is 9.99. The summed E-state index contributed by atoms with van der Waals surface area (Å²) in [4.78, 5) is 14.5. The Bertz CT molecular complexity index is 1240. The van der Waals surface area contributed by atoms with Crippen molar-refractivity contribution in [3.8, 4) is 5.75 Å². The molecule has 9 nitrogen and oxygen atoms in total. The van der Waals surface area contributed by atoms with Gasteiger partial charge in [0.15, 0.2) is 0 Å². The van der Waals surface area contributed by atoms with Gasteiger partial charge in [0.05, 0.1) is 12.4 Å². The molecule has 1 heterocycles. The Balaban J connectivity index is 1.47. The van der Waals surface area contributed by atoms with Gasteiger partial charge in [0.1, 0.15) is 12.4 Å². The van der Waals surface area contributed by atoms with Crippen LogP contribution in [0.5, 0.6) is 5.75 Å². The number of aryl methyl sites for hydroxylation is 1. The average molecular weight is 489 g/mol. The van der Waals surface area contributed by atoms with Crippen LogP contribution in [0.2, 0.25) is 0 Å². The van der Waals surface area contributed by atoms with Crippen LogP contribution >= 0.6 is 0 Å². The van der Waals surface area contributed by atoms with Crippen LogP contribution in [0.1, 0.15) is 29.8 Å². The molecule has 0 spiro atoms. The van der Waals surface area contributed by atoms with E-state index >= 15 is 0 Å². The van der Waals surface area contributed by atoms with Crippen molar-refractivity contribution in [2.24, 2.45) is 0 Å². The van der Waals surface area contributed by atoms with E-state index in [1.54, 1.807) is 24.3 Å². The SMILES string of the molecule is CC(=O)NCCc1c(C)[nH]c2cc(OCCNC[C@H](O)c3cccc(NS(C)(=O)=O)c3)ccc12. The Hall–Kier alpha value is -3.08. The largest absolute Gasteiger partial charge is 0.492 e. The lowest BCUT2D eigenvalue weighted by molar-refractivity contribution is -0.118. The molecule has 34 heavy (non-hydrogen) atoms. The number of rotatable bonds is 12. The second-order valence-electron chi connectivity index (χ2n) is 8.24. The number of aliphatic hydroxyl groups excluding tert-OH is 1. The van der Waals surface area contributed by atoms with Gasteiger partial charge in [-0.05, 0) is 48.7 Å². The third-order valence-corrected chi connectivity index (χ3v) is 5.91. The molecule has 0 aliphatic heterocycles. The number of aromatic nitrogens is 1. The summed E-state index contributed by atoms with van der Waals surface area (Å²) < 4.78 is 31.0. The van der Waals surface area contributed by atoms with Crippen molar-refractivity contribution in [2.75, 3.05) is 37.2 Å². The lowest BCUT2D eigenvalue weighted by Crippen LogP contribution is -2.26. The van der Waals surface area contributed by atoms with Crippen molar-refractivity contribution in [1.29, 1.82) is 0 Å². The average Bonchev–Trinajstić information content (AvgIpc) is 3.06. The standard InChI is InChI=1S/C24H32N4O5S/c1-16-21(9-10-26-17(2)29)22-8-7-20(14-23(22)27-16)33-12-11-25-15-24(30)18-5-4-6-19(13-18)28-34(3,31)32/h4-8,13-14,24-25,27-28,30H,9-12,15H2,1-3H3,(H,26,29)/t24-/m0/s1. The van der Waals surface area contributed by atoms with Crippen molar-refractivity contribution >= 4 is 32.5 Å². The summed E-state index contributed by atoms with van der Waals surface area (Å²) in [5.41, 5.74) is 4.27. The predicted molar refractivity (Wildman–Crippen MR) is 134 cm³/mol. The number of fused-ring (bicyclic) bond motifs is 1. The number of carbonyl (C=O) groups excluding carboxylic acids is 1. The minimum absolute atomic E-state index is 0.0354. The van der Waals surface area contributed by atoms with Gasteiger partial charge in [0, 0.05) is 54.9 Å². The number of benzene rings is 2. The lowest BCUT2D eigenvalue weighted by atomic mass is 10.1. The Morgan fingerprint density at radius 2 is 1.97 bits per heavy atom. The van der Waals surface area contributed by atoms with Gasteiger partial charge in [0.2, 0.25) is 15.9 Å². The third-order valence-electron chi connectivity index (χ3n) is 5.30. The Kier molecular flexibility index (Phi) is 8.54. The molecule has 184 valence electrons. The highest BCUT2D eigenvalue weighted by molar-refractivity contribution is 7.92.